The Morgan fingerprint density at radius 2 is 1.75 bits per heavy atom. The van der Waals surface area contributed by atoms with Crippen molar-refractivity contribution in [3.8, 4) is 11.3 Å². The standard InChI is InChI=1S/C16H9Cl3N4O/c17-11-2-1-5-20-15(11)9-3-4-12(21-8-9)16(24)22-10-6-13(18)23-14(19)7-10/h1-8H,(H,22,23,24). The van der Waals surface area contributed by atoms with Gasteiger partial charge < -0.3 is 5.32 Å². The summed E-state index contributed by atoms with van der Waals surface area (Å²) in [6.45, 7) is 0. The van der Waals surface area contributed by atoms with Crippen molar-refractivity contribution in [1.29, 1.82) is 0 Å². The van der Waals surface area contributed by atoms with E-state index in [0.29, 0.717) is 22.0 Å². The van der Waals surface area contributed by atoms with E-state index in [1.807, 2.05) is 0 Å². The second-order valence-electron chi connectivity index (χ2n) is 4.72. The summed E-state index contributed by atoms with van der Waals surface area (Å²) in [6.07, 6.45) is 3.17. The zero-order valence-corrected chi connectivity index (χ0v) is 14.3. The highest BCUT2D eigenvalue weighted by molar-refractivity contribution is 6.33. The quantitative estimate of drug-likeness (QED) is 0.667. The molecule has 120 valence electrons. The van der Waals surface area contributed by atoms with E-state index in [9.17, 15) is 4.79 Å². The summed E-state index contributed by atoms with van der Waals surface area (Å²) in [5, 5.41) is 3.54. The molecule has 0 saturated heterocycles. The highest BCUT2D eigenvalue weighted by Gasteiger charge is 2.11. The lowest BCUT2D eigenvalue weighted by atomic mass is 10.1. The zero-order valence-electron chi connectivity index (χ0n) is 12.0. The fraction of sp³-hybridized carbons (Fsp3) is 0. The van der Waals surface area contributed by atoms with Gasteiger partial charge in [-0.25, -0.2) is 4.98 Å². The molecule has 3 heterocycles. The van der Waals surface area contributed by atoms with E-state index < -0.39 is 5.91 Å². The Hall–Kier alpha value is -2.21. The van der Waals surface area contributed by atoms with Crippen LogP contribution in [0.1, 0.15) is 10.5 Å². The maximum atomic E-state index is 12.2. The molecule has 0 aliphatic rings. The number of aromatic nitrogens is 3. The third-order valence-corrected chi connectivity index (χ3v) is 3.74. The summed E-state index contributed by atoms with van der Waals surface area (Å²) in [5.41, 5.74) is 1.98. The predicted octanol–water partition coefficient (Wildman–Crippen LogP) is 4.75. The average Bonchev–Trinajstić information content (AvgIpc) is 2.54. The van der Waals surface area contributed by atoms with Crippen molar-refractivity contribution in [3.63, 3.8) is 0 Å². The first-order valence-electron chi connectivity index (χ1n) is 6.74. The van der Waals surface area contributed by atoms with Gasteiger partial charge in [0.05, 0.1) is 10.7 Å². The molecular weight excluding hydrogens is 371 g/mol. The van der Waals surface area contributed by atoms with Gasteiger partial charge in [-0.3, -0.25) is 14.8 Å². The molecule has 3 rings (SSSR count). The van der Waals surface area contributed by atoms with Crippen LogP contribution in [0.5, 0.6) is 0 Å². The molecule has 8 heteroatoms. The summed E-state index contributed by atoms with van der Waals surface area (Å²) in [6, 6.07) is 9.77. The number of carbonyl (C=O) groups excluding carboxylic acids is 1. The molecule has 0 fully saturated rings. The molecule has 0 spiro atoms. The molecule has 0 aliphatic carbocycles. The van der Waals surface area contributed by atoms with Crippen molar-refractivity contribution in [3.05, 3.63) is 69.8 Å². The van der Waals surface area contributed by atoms with Crippen molar-refractivity contribution in [2.24, 2.45) is 0 Å². The molecule has 0 bridgehead atoms. The van der Waals surface area contributed by atoms with Crippen LogP contribution in [-0.4, -0.2) is 20.9 Å². The van der Waals surface area contributed by atoms with Crippen LogP contribution in [0, 0.1) is 0 Å². The van der Waals surface area contributed by atoms with Gasteiger partial charge >= 0.3 is 0 Å². The summed E-state index contributed by atoms with van der Waals surface area (Å²) in [4.78, 5) is 24.4. The van der Waals surface area contributed by atoms with Gasteiger partial charge in [0.1, 0.15) is 16.0 Å². The van der Waals surface area contributed by atoms with E-state index in [-0.39, 0.29) is 16.0 Å². The van der Waals surface area contributed by atoms with E-state index in [4.69, 9.17) is 34.8 Å². The minimum Gasteiger partial charge on any atom is -0.320 e. The molecule has 0 aromatic carbocycles. The van der Waals surface area contributed by atoms with Crippen molar-refractivity contribution in [2.75, 3.05) is 5.32 Å². The SMILES string of the molecule is O=C(Nc1cc(Cl)nc(Cl)c1)c1ccc(-c2ncccc2Cl)cn1. The fourth-order valence-electron chi connectivity index (χ4n) is 2.00. The second kappa shape index (κ2) is 7.13. The molecule has 1 amide bonds. The third-order valence-electron chi connectivity index (χ3n) is 3.05. The normalized spacial score (nSPS) is 10.5. The molecule has 1 N–H and O–H groups in total. The lowest BCUT2D eigenvalue weighted by Crippen LogP contribution is -2.13. The first kappa shape index (κ1) is 16.6. The van der Waals surface area contributed by atoms with E-state index >= 15 is 0 Å². The average molecular weight is 380 g/mol. The van der Waals surface area contributed by atoms with Crippen molar-refractivity contribution < 1.29 is 4.79 Å². The van der Waals surface area contributed by atoms with Crippen LogP contribution in [0.4, 0.5) is 5.69 Å². The number of nitrogens with one attached hydrogen (secondary N) is 1. The fourth-order valence-corrected chi connectivity index (χ4v) is 2.69. The molecule has 3 aromatic rings. The predicted molar refractivity (Wildman–Crippen MR) is 94.7 cm³/mol. The lowest BCUT2D eigenvalue weighted by molar-refractivity contribution is 0.102. The highest BCUT2D eigenvalue weighted by Crippen LogP contribution is 2.24. The number of halogens is 3. The number of anilines is 1. The number of rotatable bonds is 3. The molecule has 0 atom stereocenters. The Morgan fingerprint density at radius 1 is 1.00 bits per heavy atom. The number of amides is 1. The van der Waals surface area contributed by atoms with Crippen LogP contribution < -0.4 is 5.32 Å². The van der Waals surface area contributed by atoms with Crippen molar-refractivity contribution >= 4 is 46.4 Å². The Balaban J connectivity index is 1.80. The van der Waals surface area contributed by atoms with Gasteiger partial charge in [-0.2, -0.15) is 0 Å². The van der Waals surface area contributed by atoms with E-state index in [0.717, 1.165) is 0 Å². The first-order chi connectivity index (χ1) is 11.5. The van der Waals surface area contributed by atoms with Gasteiger partial charge in [0.15, 0.2) is 0 Å². The minimum atomic E-state index is -0.396. The van der Waals surface area contributed by atoms with Crippen LogP contribution in [0.3, 0.4) is 0 Å². The molecule has 24 heavy (non-hydrogen) atoms. The number of pyridine rings is 3. The van der Waals surface area contributed by atoms with E-state index in [1.54, 1.807) is 30.5 Å². The van der Waals surface area contributed by atoms with Gasteiger partial charge in [-0.15, -0.1) is 0 Å². The topological polar surface area (TPSA) is 67.8 Å². The Labute approximate surface area is 152 Å². The Morgan fingerprint density at radius 3 is 2.38 bits per heavy atom. The summed E-state index contributed by atoms with van der Waals surface area (Å²) in [7, 11) is 0. The molecular formula is C16H9Cl3N4O. The van der Waals surface area contributed by atoms with Crippen LogP contribution in [0.15, 0.2) is 48.8 Å². The monoisotopic (exact) mass is 378 g/mol. The zero-order chi connectivity index (χ0) is 17.1. The Kier molecular flexibility index (Phi) is 4.94. The molecule has 3 aromatic heterocycles. The number of hydrogen-bond acceptors (Lipinski definition) is 4. The minimum absolute atomic E-state index is 0.186. The third kappa shape index (κ3) is 3.82. The summed E-state index contributed by atoms with van der Waals surface area (Å²) < 4.78 is 0. The molecule has 0 unspecified atom stereocenters. The van der Waals surface area contributed by atoms with Crippen LogP contribution in [0.2, 0.25) is 15.3 Å². The molecule has 0 aliphatic heterocycles. The number of nitrogens with zero attached hydrogens (tertiary/aromatic N) is 3. The molecule has 0 saturated carbocycles. The van der Waals surface area contributed by atoms with Crippen molar-refractivity contribution in [1.82, 2.24) is 15.0 Å². The van der Waals surface area contributed by atoms with E-state index in [1.165, 1.54) is 18.3 Å². The van der Waals surface area contributed by atoms with Gasteiger partial charge in [0.2, 0.25) is 0 Å². The van der Waals surface area contributed by atoms with Gasteiger partial charge in [-0.1, -0.05) is 34.8 Å². The van der Waals surface area contributed by atoms with Gasteiger partial charge in [-0.05, 0) is 36.4 Å². The summed E-state index contributed by atoms with van der Waals surface area (Å²) >= 11 is 17.7. The van der Waals surface area contributed by atoms with Gasteiger partial charge in [0.25, 0.3) is 5.91 Å². The molecule has 0 radical (unpaired) electrons. The number of carbonyl (C=O) groups is 1. The maximum Gasteiger partial charge on any atom is 0.274 e. The van der Waals surface area contributed by atoms with Gasteiger partial charge in [0, 0.05) is 23.6 Å². The molecule has 5 nitrogen and oxygen atoms in total. The van der Waals surface area contributed by atoms with Crippen LogP contribution in [0.25, 0.3) is 11.3 Å². The second-order valence-corrected chi connectivity index (χ2v) is 5.90. The number of hydrogen-bond donors (Lipinski definition) is 1. The smallest absolute Gasteiger partial charge is 0.274 e. The highest BCUT2D eigenvalue weighted by atomic mass is 35.5. The lowest BCUT2D eigenvalue weighted by Gasteiger charge is -2.07. The van der Waals surface area contributed by atoms with Crippen molar-refractivity contribution in [2.45, 2.75) is 0 Å². The van der Waals surface area contributed by atoms with Crippen LogP contribution >= 0.6 is 34.8 Å². The largest absolute Gasteiger partial charge is 0.320 e. The summed E-state index contributed by atoms with van der Waals surface area (Å²) in [5.74, 6) is -0.396. The Bertz CT molecular complexity index is 880. The first-order valence-corrected chi connectivity index (χ1v) is 7.88. The maximum absolute atomic E-state index is 12.2. The van der Waals surface area contributed by atoms with E-state index in [2.05, 4.69) is 20.3 Å². The van der Waals surface area contributed by atoms with Crippen LogP contribution in [-0.2, 0) is 0 Å².